The van der Waals surface area contributed by atoms with Crippen LogP contribution in [0.25, 0.3) is 0 Å². The Balaban J connectivity index is 2.06. The van der Waals surface area contributed by atoms with Crippen molar-refractivity contribution in [2.75, 3.05) is 10.8 Å². The highest BCUT2D eigenvalue weighted by molar-refractivity contribution is 7.96. The molecule has 0 saturated carbocycles. The molecule has 0 amide bonds. The van der Waals surface area contributed by atoms with E-state index in [0.717, 1.165) is 22.0 Å². The van der Waals surface area contributed by atoms with E-state index in [0.29, 0.717) is 0 Å². The van der Waals surface area contributed by atoms with Crippen LogP contribution in [0.4, 0.5) is 22.7 Å². The van der Waals surface area contributed by atoms with Crippen molar-refractivity contribution in [3.63, 3.8) is 0 Å². The standard InChI is InChI=1S/C24H20N4O4P/c25-24-22(16-18(27(29)30)17-23(24)28(31)32)26-33(19-10-4-1-5-11-19,20-12-6-2-7-13-20)21-14-8-3-9-15-21/h1-17,26H,25H2/q+1. The number of nitrogens with one attached hydrogen (secondary N) is 1. The summed E-state index contributed by atoms with van der Waals surface area (Å²) in [5.74, 6) is 0. The van der Waals surface area contributed by atoms with Crippen molar-refractivity contribution in [2.24, 2.45) is 0 Å². The van der Waals surface area contributed by atoms with E-state index in [-0.39, 0.29) is 11.4 Å². The maximum absolute atomic E-state index is 11.6. The Bertz CT molecular complexity index is 1210. The lowest BCUT2D eigenvalue weighted by atomic mass is 10.2. The van der Waals surface area contributed by atoms with E-state index in [4.69, 9.17) is 5.73 Å². The summed E-state index contributed by atoms with van der Waals surface area (Å²) in [7, 11) is -2.68. The second-order valence-corrected chi connectivity index (χ2v) is 10.3. The van der Waals surface area contributed by atoms with Gasteiger partial charge in [0.05, 0.1) is 15.9 Å². The van der Waals surface area contributed by atoms with Crippen LogP contribution in [-0.2, 0) is 0 Å². The number of nitro groups is 2. The van der Waals surface area contributed by atoms with Gasteiger partial charge in [-0.1, -0.05) is 54.6 Å². The third-order valence-corrected chi connectivity index (χ3v) is 9.06. The number of hydrogen-bond acceptors (Lipinski definition) is 6. The molecular formula is C24H20N4O4P+. The maximum atomic E-state index is 11.6. The molecule has 0 fully saturated rings. The largest absolute Gasteiger partial charge is 0.391 e. The zero-order chi connectivity index (χ0) is 23.4. The zero-order valence-corrected chi connectivity index (χ0v) is 18.3. The molecule has 0 atom stereocenters. The summed E-state index contributed by atoms with van der Waals surface area (Å²) in [6, 6.07) is 31.2. The smallest absolute Gasteiger partial charge is 0.301 e. The first kappa shape index (κ1) is 21.9. The molecule has 0 radical (unpaired) electrons. The number of nitrogen functional groups attached to an aromatic ring is 1. The van der Waals surface area contributed by atoms with Crippen molar-refractivity contribution in [3.8, 4) is 0 Å². The van der Waals surface area contributed by atoms with Crippen LogP contribution in [0.1, 0.15) is 0 Å². The van der Waals surface area contributed by atoms with Gasteiger partial charge in [-0.25, -0.2) is 5.09 Å². The fraction of sp³-hybridized carbons (Fsp3) is 0. The first-order valence-corrected chi connectivity index (χ1v) is 11.8. The molecule has 9 heteroatoms. The molecule has 4 aromatic rings. The first-order valence-electron chi connectivity index (χ1n) is 10.00. The maximum Gasteiger partial charge on any atom is 0.301 e. The van der Waals surface area contributed by atoms with Crippen molar-refractivity contribution in [3.05, 3.63) is 123 Å². The molecule has 0 unspecified atom stereocenters. The van der Waals surface area contributed by atoms with Gasteiger partial charge in [-0.05, 0) is 36.4 Å². The predicted octanol–water partition coefficient (Wildman–Crippen LogP) is 4.41. The minimum Gasteiger partial charge on any atom is -0.391 e. The molecule has 0 aliphatic carbocycles. The number of anilines is 2. The Morgan fingerprint density at radius 2 is 1.09 bits per heavy atom. The molecule has 0 aliphatic rings. The molecule has 4 rings (SSSR count). The number of rotatable bonds is 7. The lowest BCUT2D eigenvalue weighted by Gasteiger charge is -2.28. The molecule has 164 valence electrons. The van der Waals surface area contributed by atoms with E-state index in [1.165, 1.54) is 6.07 Å². The number of hydrogen-bond donors (Lipinski definition) is 2. The van der Waals surface area contributed by atoms with Crippen LogP contribution < -0.4 is 26.7 Å². The van der Waals surface area contributed by atoms with Crippen LogP contribution in [0.2, 0.25) is 0 Å². The van der Waals surface area contributed by atoms with Crippen molar-refractivity contribution in [1.82, 2.24) is 0 Å². The molecule has 0 spiro atoms. The fourth-order valence-corrected chi connectivity index (χ4v) is 7.43. The summed E-state index contributed by atoms with van der Waals surface area (Å²) in [6.45, 7) is 0. The van der Waals surface area contributed by atoms with Crippen LogP contribution in [-0.4, -0.2) is 9.85 Å². The van der Waals surface area contributed by atoms with E-state index in [1.807, 2.05) is 91.0 Å². The molecule has 3 N–H and O–H groups in total. The van der Waals surface area contributed by atoms with Crippen LogP contribution >= 0.6 is 7.41 Å². The SMILES string of the molecule is Nc1c(N[P+](c2ccccc2)(c2ccccc2)c2ccccc2)cc([N+](=O)[O-])cc1[N+](=O)[O-]. The van der Waals surface area contributed by atoms with Crippen molar-refractivity contribution in [2.45, 2.75) is 0 Å². The monoisotopic (exact) mass is 459 g/mol. The highest BCUT2D eigenvalue weighted by Crippen LogP contribution is 2.56. The molecule has 0 aromatic heterocycles. The van der Waals surface area contributed by atoms with Crippen molar-refractivity contribution in [1.29, 1.82) is 0 Å². The molecule has 0 saturated heterocycles. The Hall–Kier alpha value is -4.29. The summed E-state index contributed by atoms with van der Waals surface area (Å²) in [4.78, 5) is 21.8. The molecule has 0 heterocycles. The summed E-state index contributed by atoms with van der Waals surface area (Å²) >= 11 is 0. The molecule has 0 bridgehead atoms. The van der Waals surface area contributed by atoms with Gasteiger partial charge in [0.15, 0.2) is 7.41 Å². The molecule has 33 heavy (non-hydrogen) atoms. The second-order valence-electron chi connectivity index (χ2n) is 7.23. The highest BCUT2D eigenvalue weighted by Gasteiger charge is 2.47. The topological polar surface area (TPSA) is 124 Å². The Morgan fingerprint density at radius 3 is 1.45 bits per heavy atom. The highest BCUT2D eigenvalue weighted by atomic mass is 31.2. The van der Waals surface area contributed by atoms with Crippen LogP contribution in [0.3, 0.4) is 0 Å². The van der Waals surface area contributed by atoms with E-state index < -0.39 is 28.6 Å². The number of nitro benzene ring substituents is 2. The summed E-state index contributed by atoms with van der Waals surface area (Å²) in [5.41, 5.74) is 5.24. The van der Waals surface area contributed by atoms with Crippen LogP contribution in [0, 0.1) is 20.2 Å². The Morgan fingerprint density at radius 1 is 0.667 bits per heavy atom. The number of nitrogens with two attached hydrogens (primary N) is 1. The van der Waals surface area contributed by atoms with Gasteiger partial charge in [0.1, 0.15) is 27.3 Å². The van der Waals surface area contributed by atoms with Crippen molar-refractivity contribution >= 4 is 46.1 Å². The summed E-state index contributed by atoms with van der Waals surface area (Å²) in [6.07, 6.45) is 0. The van der Waals surface area contributed by atoms with Crippen molar-refractivity contribution < 1.29 is 9.85 Å². The molecular weight excluding hydrogens is 439 g/mol. The minimum absolute atomic E-state index is 0.140. The van der Waals surface area contributed by atoms with Gasteiger partial charge in [-0.3, -0.25) is 20.2 Å². The third-order valence-electron chi connectivity index (χ3n) is 5.27. The molecule has 4 aromatic carbocycles. The predicted molar refractivity (Wildman–Crippen MR) is 133 cm³/mol. The number of nitrogens with zero attached hydrogens (tertiary/aromatic N) is 2. The third kappa shape index (κ3) is 4.12. The van der Waals surface area contributed by atoms with Crippen LogP contribution in [0.15, 0.2) is 103 Å². The van der Waals surface area contributed by atoms with Crippen LogP contribution in [0.5, 0.6) is 0 Å². The van der Waals surface area contributed by atoms with Gasteiger partial charge < -0.3 is 5.73 Å². The molecule has 0 aliphatic heterocycles. The lowest BCUT2D eigenvalue weighted by molar-refractivity contribution is -0.393. The fourth-order valence-electron chi connectivity index (χ4n) is 3.75. The van der Waals surface area contributed by atoms with E-state index in [2.05, 4.69) is 5.09 Å². The van der Waals surface area contributed by atoms with E-state index in [1.54, 1.807) is 0 Å². The average Bonchev–Trinajstić information content (AvgIpc) is 2.85. The van der Waals surface area contributed by atoms with Gasteiger partial charge in [-0.2, -0.15) is 0 Å². The number of benzene rings is 4. The summed E-state index contributed by atoms with van der Waals surface area (Å²) < 4.78 is 0. The Labute approximate surface area is 190 Å². The normalized spacial score (nSPS) is 11.0. The van der Waals surface area contributed by atoms with Gasteiger partial charge in [0, 0.05) is 6.07 Å². The molecule has 8 nitrogen and oxygen atoms in total. The van der Waals surface area contributed by atoms with Gasteiger partial charge in [0.25, 0.3) is 5.69 Å². The number of non-ortho nitro benzene ring substituents is 1. The van der Waals surface area contributed by atoms with E-state index in [9.17, 15) is 20.2 Å². The van der Waals surface area contributed by atoms with Gasteiger partial charge >= 0.3 is 5.69 Å². The zero-order valence-electron chi connectivity index (χ0n) is 17.4. The van der Waals surface area contributed by atoms with Gasteiger partial charge in [-0.15, -0.1) is 0 Å². The Kier molecular flexibility index (Phi) is 6.02. The summed E-state index contributed by atoms with van der Waals surface area (Å²) in [5, 5.41) is 29.4. The average molecular weight is 459 g/mol. The lowest BCUT2D eigenvalue weighted by Crippen LogP contribution is -2.36. The van der Waals surface area contributed by atoms with E-state index >= 15 is 0 Å². The van der Waals surface area contributed by atoms with Gasteiger partial charge in [0.2, 0.25) is 0 Å². The second kappa shape index (κ2) is 9.06. The quantitative estimate of drug-likeness (QED) is 0.183. The minimum atomic E-state index is -2.68. The first-order chi connectivity index (χ1) is 15.9.